The number of aliphatic carboxylic acids is 1. The van der Waals surface area contributed by atoms with Gasteiger partial charge in [-0.1, -0.05) is 16.9 Å². The first-order chi connectivity index (χ1) is 21.6. The summed E-state index contributed by atoms with van der Waals surface area (Å²) in [7, 11) is 1.22. The number of rotatable bonds is 13. The number of nitrogen functional groups attached to an aromatic ring is 1. The molecule has 238 valence electrons. The number of tetrazole rings is 1. The molecule has 45 heavy (non-hydrogen) atoms. The fourth-order valence-electron chi connectivity index (χ4n) is 4.24. The van der Waals surface area contributed by atoms with E-state index in [1.165, 1.54) is 23.6 Å². The minimum absolute atomic E-state index is 0.0363. The lowest BCUT2D eigenvalue weighted by Crippen LogP contribution is -2.71. The molecule has 0 bridgehead atoms. The Morgan fingerprint density at radius 3 is 2.84 bits per heavy atom. The van der Waals surface area contributed by atoms with Gasteiger partial charge in [0.15, 0.2) is 5.13 Å². The fraction of sp³-hybridized carbons (Fsp3) is 0.364. The average molecular weight is 682 g/mol. The van der Waals surface area contributed by atoms with E-state index in [2.05, 4.69) is 40.3 Å². The Hall–Kier alpha value is -4.74. The number of aromatic nitrogens is 7. The molecule has 0 radical (unpaired) electrons. The minimum Gasteiger partial charge on any atom is -0.500 e. The van der Waals surface area contributed by atoms with Crippen molar-refractivity contribution >= 4 is 63.7 Å². The van der Waals surface area contributed by atoms with Crippen LogP contribution in [0, 0.1) is 0 Å². The zero-order valence-electron chi connectivity index (χ0n) is 22.9. The smallest absolute Gasteiger partial charge is 0.352 e. The number of nitrogens with one attached hydrogen (secondary N) is 2. The van der Waals surface area contributed by atoms with E-state index in [1.54, 1.807) is 0 Å². The minimum atomic E-state index is -1.32. The summed E-state index contributed by atoms with van der Waals surface area (Å²) in [4.78, 5) is 63.0. The number of fused-ring (bicyclic) bond motifs is 1. The van der Waals surface area contributed by atoms with Crippen molar-refractivity contribution in [1.82, 2.24) is 44.8 Å². The molecular weight excluding hydrogens is 659 g/mol. The molecule has 2 aliphatic heterocycles. The highest BCUT2D eigenvalue weighted by atomic mass is 32.2. The number of β-lactam (4-membered cyclic amide) rings is 1. The SMILES string of the molecule is CO/N=C(\C(=O)N[C@@H]1C(=O)N2C(C(=O)O)=C(CSc3nnnn3Cc3cc(=O)c(O)c(OCCO)[nH]3)CS[C@H]12)c1nsc(N)n1. The van der Waals surface area contributed by atoms with Crippen LogP contribution in [0.1, 0.15) is 11.5 Å². The van der Waals surface area contributed by atoms with Crippen LogP contribution in [0.15, 0.2) is 32.4 Å². The van der Waals surface area contributed by atoms with Crippen molar-refractivity contribution in [2.24, 2.45) is 5.16 Å². The number of carbonyl (C=O) groups excluding carboxylic acids is 2. The van der Waals surface area contributed by atoms with Gasteiger partial charge in [0, 0.05) is 34.8 Å². The number of carboxylic acids is 1. The van der Waals surface area contributed by atoms with Crippen LogP contribution >= 0.6 is 35.1 Å². The van der Waals surface area contributed by atoms with Crippen LogP contribution in [0.25, 0.3) is 0 Å². The molecule has 0 unspecified atom stereocenters. The lowest BCUT2D eigenvalue weighted by atomic mass is 10.0. The summed E-state index contributed by atoms with van der Waals surface area (Å²) >= 11 is 3.20. The number of amides is 2. The Morgan fingerprint density at radius 2 is 2.16 bits per heavy atom. The molecule has 0 aliphatic carbocycles. The molecule has 1 saturated heterocycles. The molecule has 3 aromatic rings. The number of pyridine rings is 1. The largest absolute Gasteiger partial charge is 0.500 e. The standard InChI is InChI=1S/C22H23N11O9S3/c1-41-28-11(15-26-21(23)45-29-15)16(37)25-12-18(38)33-13(20(39)40)8(6-43-19(12)33)7-44-22-27-30-31-32(22)5-9-4-10(35)14(36)17(24-9)42-3-2-34/h4,12,19,34,36H,2-3,5-7H2,1H3,(H,24,35)(H,25,37)(H,39,40)(H2,23,26,29)/b28-11-/t12-,19-/m1/s1. The topological polar surface area (TPSA) is 286 Å². The number of aromatic amines is 1. The van der Waals surface area contributed by atoms with E-state index >= 15 is 0 Å². The van der Waals surface area contributed by atoms with Gasteiger partial charge in [-0.05, 0) is 16.0 Å². The Bertz CT molecular complexity index is 1750. The molecule has 0 aromatic carbocycles. The second kappa shape index (κ2) is 13.5. The van der Waals surface area contributed by atoms with Crippen LogP contribution in [0.2, 0.25) is 0 Å². The summed E-state index contributed by atoms with van der Waals surface area (Å²) in [5, 5.41) is 46.3. The predicted octanol–water partition coefficient (Wildman–Crippen LogP) is -2.20. The number of thioether (sulfide) groups is 2. The molecule has 1 fully saturated rings. The number of hydrogen-bond acceptors (Lipinski definition) is 18. The van der Waals surface area contributed by atoms with Gasteiger partial charge in [0.05, 0.1) is 13.2 Å². The summed E-state index contributed by atoms with van der Waals surface area (Å²) in [5.74, 6) is -3.40. The van der Waals surface area contributed by atoms with Crippen molar-refractivity contribution in [3.63, 3.8) is 0 Å². The lowest BCUT2D eigenvalue weighted by Gasteiger charge is -2.49. The van der Waals surface area contributed by atoms with E-state index < -0.39 is 40.4 Å². The average Bonchev–Trinajstić information content (AvgIpc) is 3.65. The first-order valence-electron chi connectivity index (χ1n) is 12.6. The van der Waals surface area contributed by atoms with Crippen LogP contribution in [0.5, 0.6) is 11.6 Å². The number of anilines is 1. The van der Waals surface area contributed by atoms with Gasteiger partial charge < -0.3 is 40.9 Å². The Labute approximate surface area is 263 Å². The van der Waals surface area contributed by atoms with Gasteiger partial charge in [-0.3, -0.25) is 19.3 Å². The Morgan fingerprint density at radius 1 is 1.36 bits per heavy atom. The maximum Gasteiger partial charge on any atom is 0.352 e. The molecule has 20 nitrogen and oxygen atoms in total. The number of ether oxygens (including phenoxy) is 1. The van der Waals surface area contributed by atoms with E-state index in [0.29, 0.717) is 5.57 Å². The van der Waals surface area contributed by atoms with Crippen molar-refractivity contribution in [2.45, 2.75) is 23.1 Å². The first kappa shape index (κ1) is 31.7. The molecule has 2 atom stereocenters. The number of oxime groups is 1. The van der Waals surface area contributed by atoms with Gasteiger partial charge in [0.2, 0.25) is 33.8 Å². The van der Waals surface area contributed by atoms with E-state index in [1.807, 2.05) is 0 Å². The van der Waals surface area contributed by atoms with Gasteiger partial charge in [-0.15, -0.1) is 16.9 Å². The molecule has 2 aliphatic rings. The normalized spacial score (nSPS) is 18.0. The first-order valence-corrected chi connectivity index (χ1v) is 15.4. The second-order valence-corrected chi connectivity index (χ2v) is 11.8. The molecule has 5 heterocycles. The van der Waals surface area contributed by atoms with Gasteiger partial charge in [-0.2, -0.15) is 9.36 Å². The Balaban J connectivity index is 1.28. The third-order valence-corrected chi connectivity index (χ3v) is 9.07. The number of H-pyrrole nitrogens is 1. The fourth-order valence-corrected chi connectivity index (χ4v) is 7.04. The van der Waals surface area contributed by atoms with Crippen LogP contribution in [-0.2, 0) is 25.8 Å². The molecule has 23 heteroatoms. The highest BCUT2D eigenvalue weighted by Crippen LogP contribution is 2.41. The van der Waals surface area contributed by atoms with Gasteiger partial charge >= 0.3 is 5.97 Å². The number of aliphatic hydroxyl groups excluding tert-OH is 1. The second-order valence-electron chi connectivity index (χ2n) is 9.01. The van der Waals surface area contributed by atoms with Crippen molar-refractivity contribution in [3.05, 3.63) is 39.1 Å². The number of aromatic hydroxyl groups is 1. The molecule has 0 spiro atoms. The number of hydrogen-bond donors (Lipinski definition) is 6. The van der Waals surface area contributed by atoms with Crippen molar-refractivity contribution in [1.29, 1.82) is 0 Å². The maximum atomic E-state index is 13.1. The van der Waals surface area contributed by atoms with Crippen LogP contribution in [0.3, 0.4) is 0 Å². The van der Waals surface area contributed by atoms with Crippen molar-refractivity contribution < 1.29 is 39.3 Å². The summed E-state index contributed by atoms with van der Waals surface area (Å²) < 4.78 is 10.4. The summed E-state index contributed by atoms with van der Waals surface area (Å²) in [6, 6.07) is 0.0906. The summed E-state index contributed by atoms with van der Waals surface area (Å²) in [5.41, 5.74) is 5.07. The number of carboxylic acid groups (broad SMARTS) is 1. The van der Waals surface area contributed by atoms with E-state index in [0.717, 1.165) is 34.3 Å². The predicted molar refractivity (Wildman–Crippen MR) is 157 cm³/mol. The third kappa shape index (κ3) is 6.54. The number of aliphatic hydroxyl groups is 1. The van der Waals surface area contributed by atoms with E-state index in [4.69, 9.17) is 20.4 Å². The van der Waals surface area contributed by atoms with Crippen molar-refractivity contribution in [2.75, 3.05) is 37.6 Å². The van der Waals surface area contributed by atoms with Gasteiger partial charge in [0.1, 0.15) is 30.8 Å². The molecule has 0 saturated carbocycles. The number of nitrogens with two attached hydrogens (primary N) is 1. The zero-order chi connectivity index (χ0) is 32.2. The van der Waals surface area contributed by atoms with E-state index in [9.17, 15) is 29.4 Å². The summed E-state index contributed by atoms with van der Waals surface area (Å²) in [6.07, 6.45) is 0. The quantitative estimate of drug-likeness (QED) is 0.0483. The molecule has 3 aromatic heterocycles. The van der Waals surface area contributed by atoms with Crippen LogP contribution in [-0.4, -0.2) is 122 Å². The third-order valence-electron chi connectivity index (χ3n) is 6.15. The number of nitrogens with zero attached hydrogens (tertiary/aromatic N) is 8. The van der Waals surface area contributed by atoms with Crippen molar-refractivity contribution in [3.8, 4) is 11.6 Å². The highest BCUT2D eigenvalue weighted by Gasteiger charge is 2.54. The molecule has 5 rings (SSSR count). The van der Waals surface area contributed by atoms with Crippen LogP contribution < -0.4 is 21.2 Å². The van der Waals surface area contributed by atoms with Gasteiger partial charge in [0.25, 0.3) is 11.8 Å². The monoisotopic (exact) mass is 681 g/mol. The molecular formula is C22H23N11O9S3. The summed E-state index contributed by atoms with van der Waals surface area (Å²) in [6.45, 7) is -0.532. The molecule has 2 amide bonds. The number of carbonyl (C=O) groups is 3. The maximum absolute atomic E-state index is 13.1. The van der Waals surface area contributed by atoms with Crippen LogP contribution in [0.4, 0.5) is 5.13 Å². The zero-order valence-corrected chi connectivity index (χ0v) is 25.4. The molecule has 7 N–H and O–H groups in total. The van der Waals surface area contributed by atoms with E-state index in [-0.39, 0.29) is 70.4 Å². The van der Waals surface area contributed by atoms with Gasteiger partial charge in [-0.25, -0.2) is 9.48 Å². The Kier molecular flexibility index (Phi) is 9.50. The highest BCUT2D eigenvalue weighted by molar-refractivity contribution is 8.01. The lowest BCUT2D eigenvalue weighted by molar-refractivity contribution is -0.150.